The molecule has 1 aromatic carbocycles. The first-order valence-electron chi connectivity index (χ1n) is 4.65. The summed E-state index contributed by atoms with van der Waals surface area (Å²) in [5.74, 6) is -2.31. The molecular weight excluding hydrogens is 317 g/mol. The molecule has 0 heterocycles. The maximum absolute atomic E-state index is 11.9. The van der Waals surface area contributed by atoms with E-state index in [1.54, 1.807) is 19.1 Å². The van der Waals surface area contributed by atoms with Crippen LogP contribution in [0.15, 0.2) is 22.7 Å². The first-order chi connectivity index (χ1) is 8.20. The van der Waals surface area contributed by atoms with Crippen LogP contribution in [0.4, 0.5) is 23.7 Å². The molecule has 0 bridgehead atoms. The second-order valence-electron chi connectivity index (χ2n) is 3.37. The van der Waals surface area contributed by atoms with Crippen LogP contribution in [0.3, 0.4) is 0 Å². The van der Waals surface area contributed by atoms with Crippen molar-refractivity contribution in [2.75, 3.05) is 5.32 Å². The molecule has 0 aliphatic rings. The van der Waals surface area contributed by atoms with Gasteiger partial charge in [0, 0.05) is 10.2 Å². The van der Waals surface area contributed by atoms with Gasteiger partial charge in [-0.3, -0.25) is 10.1 Å². The quantitative estimate of drug-likeness (QED) is 0.834. The molecule has 0 aliphatic carbocycles. The highest BCUT2D eigenvalue weighted by atomic mass is 79.9. The summed E-state index contributed by atoms with van der Waals surface area (Å²) in [6, 6.07) is 3.41. The predicted octanol–water partition coefficient (Wildman–Crippen LogP) is 2.97. The minimum atomic E-state index is -5.09. The Morgan fingerprint density at radius 3 is 2.39 bits per heavy atom. The minimum absolute atomic E-state index is 0.281. The number of carbonyl (C=O) groups is 2. The van der Waals surface area contributed by atoms with Crippen LogP contribution in [-0.4, -0.2) is 18.1 Å². The molecule has 98 valence electrons. The van der Waals surface area contributed by atoms with Crippen LogP contribution in [0.5, 0.6) is 0 Å². The number of alkyl halides is 3. The smallest absolute Gasteiger partial charge is 0.308 e. The first kappa shape index (κ1) is 14.5. The zero-order valence-corrected chi connectivity index (χ0v) is 10.6. The lowest BCUT2D eigenvalue weighted by Crippen LogP contribution is -2.42. The number of imide groups is 1. The largest absolute Gasteiger partial charge is 0.471 e. The molecule has 0 aromatic heterocycles. The third-order valence-corrected chi connectivity index (χ3v) is 2.79. The lowest BCUT2D eigenvalue weighted by atomic mass is 10.2. The number of hydrogen-bond donors (Lipinski definition) is 2. The van der Waals surface area contributed by atoms with Crippen molar-refractivity contribution in [3.63, 3.8) is 0 Å². The van der Waals surface area contributed by atoms with Crippen molar-refractivity contribution in [1.82, 2.24) is 5.32 Å². The Morgan fingerprint density at radius 1 is 1.28 bits per heavy atom. The fraction of sp³-hybridized carbons (Fsp3) is 0.200. The van der Waals surface area contributed by atoms with Gasteiger partial charge in [-0.15, -0.1) is 0 Å². The standard InChI is InChI=1S/C10H8BrF3N2O2/c1-5-4-6(2-3-7(5)11)15-9(18)16-8(17)10(12,13)14/h2-4H,1H3,(H2,15,16,17,18). The third-order valence-electron chi connectivity index (χ3n) is 1.90. The number of halogens is 4. The summed E-state index contributed by atoms with van der Waals surface area (Å²) in [7, 11) is 0. The predicted molar refractivity (Wildman–Crippen MR) is 62.1 cm³/mol. The summed E-state index contributed by atoms with van der Waals surface area (Å²) in [4.78, 5) is 21.6. The second kappa shape index (κ2) is 5.38. The van der Waals surface area contributed by atoms with Crippen molar-refractivity contribution in [2.24, 2.45) is 0 Å². The van der Waals surface area contributed by atoms with Gasteiger partial charge in [-0.2, -0.15) is 13.2 Å². The van der Waals surface area contributed by atoms with E-state index in [4.69, 9.17) is 0 Å². The normalized spacial score (nSPS) is 10.9. The molecule has 18 heavy (non-hydrogen) atoms. The van der Waals surface area contributed by atoms with Gasteiger partial charge < -0.3 is 5.32 Å². The van der Waals surface area contributed by atoms with E-state index in [1.165, 1.54) is 11.4 Å². The van der Waals surface area contributed by atoms with Gasteiger partial charge in [-0.05, 0) is 30.7 Å². The average Bonchev–Trinajstić information content (AvgIpc) is 2.22. The number of rotatable bonds is 1. The topological polar surface area (TPSA) is 58.2 Å². The van der Waals surface area contributed by atoms with Crippen molar-refractivity contribution in [3.8, 4) is 0 Å². The molecular formula is C10H8BrF3N2O2. The van der Waals surface area contributed by atoms with Gasteiger partial charge in [0.1, 0.15) is 0 Å². The molecule has 0 fully saturated rings. The number of aryl methyl sites for hydroxylation is 1. The number of carbonyl (C=O) groups excluding carboxylic acids is 2. The maximum atomic E-state index is 11.9. The van der Waals surface area contributed by atoms with Crippen molar-refractivity contribution < 1.29 is 22.8 Å². The SMILES string of the molecule is Cc1cc(NC(=O)NC(=O)C(F)(F)F)ccc1Br. The number of hydrogen-bond acceptors (Lipinski definition) is 2. The van der Waals surface area contributed by atoms with E-state index in [2.05, 4.69) is 21.2 Å². The summed E-state index contributed by atoms with van der Waals surface area (Å²) >= 11 is 3.23. The Bertz CT molecular complexity index is 489. The molecule has 4 nitrogen and oxygen atoms in total. The van der Waals surface area contributed by atoms with Gasteiger partial charge in [0.05, 0.1) is 0 Å². The summed E-state index contributed by atoms with van der Waals surface area (Å²) in [6.45, 7) is 1.74. The molecule has 0 radical (unpaired) electrons. The Hall–Kier alpha value is -1.57. The van der Waals surface area contributed by atoms with Crippen LogP contribution in [0.2, 0.25) is 0 Å². The van der Waals surface area contributed by atoms with E-state index in [1.807, 2.05) is 0 Å². The van der Waals surface area contributed by atoms with Crippen molar-refractivity contribution >= 4 is 33.6 Å². The Balaban J connectivity index is 2.65. The van der Waals surface area contributed by atoms with Crippen LogP contribution in [0.1, 0.15) is 5.56 Å². The summed E-state index contributed by atoms with van der Waals surface area (Å²) in [6.07, 6.45) is -5.09. The highest BCUT2D eigenvalue weighted by Gasteiger charge is 2.39. The van der Waals surface area contributed by atoms with E-state index in [0.717, 1.165) is 10.0 Å². The average molecular weight is 325 g/mol. The summed E-state index contributed by atoms with van der Waals surface area (Å²) in [5.41, 5.74) is 1.07. The van der Waals surface area contributed by atoms with Crippen LogP contribution < -0.4 is 10.6 Å². The lowest BCUT2D eigenvalue weighted by Gasteiger charge is -2.09. The summed E-state index contributed by atoms with van der Waals surface area (Å²) < 4.78 is 36.4. The molecule has 3 amide bonds. The molecule has 1 rings (SSSR count). The fourth-order valence-electron chi connectivity index (χ4n) is 1.06. The van der Waals surface area contributed by atoms with E-state index in [-0.39, 0.29) is 5.69 Å². The third kappa shape index (κ3) is 4.02. The van der Waals surface area contributed by atoms with E-state index >= 15 is 0 Å². The van der Waals surface area contributed by atoms with Gasteiger partial charge in [0.15, 0.2) is 0 Å². The molecule has 0 atom stereocenters. The van der Waals surface area contributed by atoms with E-state index in [9.17, 15) is 22.8 Å². The number of anilines is 1. The maximum Gasteiger partial charge on any atom is 0.471 e. The first-order valence-corrected chi connectivity index (χ1v) is 5.45. The zero-order chi connectivity index (χ0) is 13.9. The molecule has 0 spiro atoms. The minimum Gasteiger partial charge on any atom is -0.308 e. The molecule has 0 saturated carbocycles. The van der Waals surface area contributed by atoms with E-state index in [0.29, 0.717) is 0 Å². The molecule has 1 aromatic rings. The van der Waals surface area contributed by atoms with Crippen LogP contribution in [0, 0.1) is 6.92 Å². The fourth-order valence-corrected chi connectivity index (χ4v) is 1.31. The molecule has 0 aliphatic heterocycles. The molecule has 8 heteroatoms. The number of amides is 3. The Labute approximate surface area is 109 Å². The lowest BCUT2D eigenvalue weighted by molar-refractivity contribution is -0.172. The number of benzene rings is 1. The van der Waals surface area contributed by atoms with Crippen LogP contribution in [-0.2, 0) is 4.79 Å². The van der Waals surface area contributed by atoms with Gasteiger partial charge in [-0.25, -0.2) is 4.79 Å². The number of urea groups is 1. The van der Waals surface area contributed by atoms with Gasteiger partial charge >= 0.3 is 18.1 Å². The second-order valence-corrected chi connectivity index (χ2v) is 4.22. The highest BCUT2D eigenvalue weighted by Crippen LogP contribution is 2.20. The van der Waals surface area contributed by atoms with Crippen LogP contribution >= 0.6 is 15.9 Å². The van der Waals surface area contributed by atoms with Gasteiger partial charge in [0.2, 0.25) is 0 Å². The molecule has 2 N–H and O–H groups in total. The molecule has 0 saturated heterocycles. The summed E-state index contributed by atoms with van der Waals surface area (Å²) in [5, 5.41) is 3.30. The van der Waals surface area contributed by atoms with Crippen molar-refractivity contribution in [3.05, 3.63) is 28.2 Å². The van der Waals surface area contributed by atoms with Crippen molar-refractivity contribution in [1.29, 1.82) is 0 Å². The number of nitrogens with one attached hydrogen (secondary N) is 2. The van der Waals surface area contributed by atoms with Crippen LogP contribution in [0.25, 0.3) is 0 Å². The Morgan fingerprint density at radius 2 is 1.89 bits per heavy atom. The van der Waals surface area contributed by atoms with Crippen molar-refractivity contribution in [2.45, 2.75) is 13.1 Å². The van der Waals surface area contributed by atoms with Gasteiger partial charge in [-0.1, -0.05) is 15.9 Å². The highest BCUT2D eigenvalue weighted by molar-refractivity contribution is 9.10. The monoisotopic (exact) mass is 324 g/mol. The Kier molecular flexibility index (Phi) is 4.33. The molecule has 0 unspecified atom stereocenters. The van der Waals surface area contributed by atoms with E-state index < -0.39 is 18.1 Å². The zero-order valence-electron chi connectivity index (χ0n) is 9.06. The van der Waals surface area contributed by atoms with Gasteiger partial charge in [0.25, 0.3) is 0 Å².